The van der Waals surface area contributed by atoms with E-state index < -0.39 is 11.9 Å². The molecule has 0 amide bonds. The van der Waals surface area contributed by atoms with Gasteiger partial charge in [-0.05, 0) is 67.8 Å². The average molecular weight is 703 g/mol. The number of benzene rings is 5. The summed E-state index contributed by atoms with van der Waals surface area (Å²) in [6.45, 7) is 14.1. The molecule has 8 nitrogen and oxygen atoms in total. The van der Waals surface area contributed by atoms with Gasteiger partial charge in [-0.25, -0.2) is 19.3 Å². The largest absolute Gasteiger partial charge is 0.477 e. The van der Waals surface area contributed by atoms with Crippen molar-refractivity contribution in [3.8, 4) is 12.1 Å². The van der Waals surface area contributed by atoms with E-state index >= 15 is 0 Å². The number of carboxylic acid groups (broad SMARTS) is 2. The predicted octanol–water partition coefficient (Wildman–Crippen LogP) is 9.81. The van der Waals surface area contributed by atoms with Crippen molar-refractivity contribution in [1.29, 1.82) is 10.5 Å². The molecule has 0 saturated carbocycles. The van der Waals surface area contributed by atoms with E-state index in [-0.39, 0.29) is 23.0 Å². The van der Waals surface area contributed by atoms with Crippen LogP contribution in [0.1, 0.15) is 67.5 Å². The lowest BCUT2D eigenvalue weighted by Crippen LogP contribution is -2.06. The van der Waals surface area contributed by atoms with Gasteiger partial charge >= 0.3 is 11.9 Å². The molecular formula is C46H30N4O4. The molecule has 0 atom stereocenters. The molecule has 5 rings (SSSR count). The smallest absolute Gasteiger partial charge is 0.346 e. The van der Waals surface area contributed by atoms with E-state index in [1.54, 1.807) is 48.6 Å². The maximum absolute atomic E-state index is 11.4. The van der Waals surface area contributed by atoms with Crippen molar-refractivity contribution in [3.63, 3.8) is 0 Å². The van der Waals surface area contributed by atoms with Gasteiger partial charge in [0.2, 0.25) is 0 Å². The Kier molecular flexibility index (Phi) is 12.2. The summed E-state index contributed by atoms with van der Waals surface area (Å²) in [6.07, 6.45) is 8.98. The summed E-state index contributed by atoms with van der Waals surface area (Å²) in [5.74, 6) is -3.05. The highest BCUT2D eigenvalue weighted by molar-refractivity contribution is 5.97. The van der Waals surface area contributed by atoms with Crippen LogP contribution < -0.4 is 0 Å². The van der Waals surface area contributed by atoms with Crippen molar-refractivity contribution in [2.24, 2.45) is 0 Å². The first-order chi connectivity index (χ1) is 26.2. The van der Waals surface area contributed by atoms with Gasteiger partial charge in [-0.1, -0.05) is 133 Å². The molecule has 0 aliphatic carbocycles. The first kappa shape index (κ1) is 37.2. The highest BCUT2D eigenvalue weighted by atomic mass is 16.4. The van der Waals surface area contributed by atoms with Crippen molar-refractivity contribution in [3.05, 3.63) is 223 Å². The van der Waals surface area contributed by atoms with Crippen LogP contribution in [0.5, 0.6) is 0 Å². The lowest BCUT2D eigenvalue weighted by atomic mass is 9.81. The topological polar surface area (TPSA) is 131 Å². The fourth-order valence-corrected chi connectivity index (χ4v) is 6.07. The number of nitrogens with zero attached hydrogens (tertiary/aromatic N) is 4. The Morgan fingerprint density at radius 1 is 0.481 bits per heavy atom. The van der Waals surface area contributed by atoms with Gasteiger partial charge in [0.15, 0.2) is 12.4 Å². The van der Waals surface area contributed by atoms with E-state index in [9.17, 15) is 30.3 Å². The first-order valence-electron chi connectivity index (χ1n) is 16.5. The Labute approximate surface area is 313 Å². The van der Waals surface area contributed by atoms with E-state index in [4.69, 9.17) is 13.1 Å². The third kappa shape index (κ3) is 9.19. The Bertz CT molecular complexity index is 2290. The van der Waals surface area contributed by atoms with Crippen molar-refractivity contribution in [2.75, 3.05) is 0 Å². The van der Waals surface area contributed by atoms with Crippen LogP contribution in [0.4, 0.5) is 0 Å². The molecule has 0 aromatic heterocycles. The van der Waals surface area contributed by atoms with Gasteiger partial charge in [0, 0.05) is 11.8 Å². The summed E-state index contributed by atoms with van der Waals surface area (Å²) < 4.78 is 0. The molecular weight excluding hydrogens is 673 g/mol. The SMILES string of the molecule is [C-]#[N+]C=Cc1ccc(C(c2ccc(C=C[N+]#[C-])cc2)c2ccc(C(c3ccc(C=C(C#N)C(=O)O)cc3)c3ccc(C=C(C#N)C(=O)O)cc3)cc2)cc1. The molecule has 0 aliphatic rings. The van der Waals surface area contributed by atoms with Crippen LogP contribution in [0.3, 0.4) is 0 Å². The third-order valence-electron chi connectivity index (χ3n) is 8.69. The lowest BCUT2D eigenvalue weighted by molar-refractivity contribution is -0.133. The average Bonchev–Trinajstić information content (AvgIpc) is 3.20. The molecule has 0 unspecified atom stereocenters. The first-order valence-corrected chi connectivity index (χ1v) is 16.5. The fraction of sp³-hybridized carbons (Fsp3) is 0.0435. The number of hydrogen-bond donors (Lipinski definition) is 2. The minimum absolute atomic E-state index is 0.139. The second-order valence-corrected chi connectivity index (χ2v) is 12.0. The highest BCUT2D eigenvalue weighted by Gasteiger charge is 2.21. The van der Waals surface area contributed by atoms with Crippen molar-refractivity contribution in [2.45, 2.75) is 11.8 Å². The normalized spacial score (nSPS) is 12.6. The van der Waals surface area contributed by atoms with Crippen LogP contribution in [0.15, 0.2) is 145 Å². The Morgan fingerprint density at radius 2 is 0.722 bits per heavy atom. The number of rotatable bonds is 12. The maximum Gasteiger partial charge on any atom is 0.346 e. The van der Waals surface area contributed by atoms with Crippen LogP contribution in [0.25, 0.3) is 34.0 Å². The van der Waals surface area contributed by atoms with Crippen molar-refractivity contribution >= 4 is 36.2 Å². The number of hydrogen-bond acceptors (Lipinski definition) is 4. The van der Waals surface area contributed by atoms with Crippen molar-refractivity contribution < 1.29 is 19.8 Å². The van der Waals surface area contributed by atoms with Crippen LogP contribution in [-0.2, 0) is 9.59 Å². The van der Waals surface area contributed by atoms with Crippen LogP contribution >= 0.6 is 0 Å². The van der Waals surface area contributed by atoms with Crippen molar-refractivity contribution in [1.82, 2.24) is 0 Å². The monoisotopic (exact) mass is 702 g/mol. The molecule has 54 heavy (non-hydrogen) atoms. The van der Waals surface area contributed by atoms with Crippen LogP contribution in [0.2, 0.25) is 0 Å². The third-order valence-corrected chi connectivity index (χ3v) is 8.69. The quantitative estimate of drug-likeness (QED) is 0.0576. The zero-order valence-electron chi connectivity index (χ0n) is 28.7. The van der Waals surface area contributed by atoms with Gasteiger partial charge in [-0.15, -0.1) is 0 Å². The van der Waals surface area contributed by atoms with Gasteiger partial charge in [-0.3, -0.25) is 0 Å². The summed E-state index contributed by atoms with van der Waals surface area (Å²) in [6, 6.07) is 42.3. The lowest BCUT2D eigenvalue weighted by Gasteiger charge is -2.23. The molecule has 2 N–H and O–H groups in total. The molecule has 0 radical (unpaired) electrons. The van der Waals surface area contributed by atoms with Crippen LogP contribution in [-0.4, -0.2) is 22.2 Å². The predicted molar refractivity (Wildman–Crippen MR) is 208 cm³/mol. The summed E-state index contributed by atoms with van der Waals surface area (Å²) in [7, 11) is 0. The molecule has 0 heterocycles. The fourth-order valence-electron chi connectivity index (χ4n) is 6.07. The zero-order valence-corrected chi connectivity index (χ0v) is 28.7. The zero-order chi connectivity index (χ0) is 38.5. The number of carboxylic acids is 2. The maximum atomic E-state index is 11.4. The molecule has 5 aromatic carbocycles. The molecule has 258 valence electrons. The van der Waals surface area contributed by atoms with E-state index in [0.717, 1.165) is 44.5 Å². The van der Waals surface area contributed by atoms with Gasteiger partial charge in [0.05, 0.1) is 13.1 Å². The summed E-state index contributed by atoms with van der Waals surface area (Å²) in [5, 5.41) is 37.1. The van der Waals surface area contributed by atoms with E-state index in [1.165, 1.54) is 24.6 Å². The van der Waals surface area contributed by atoms with Gasteiger partial charge < -0.3 is 10.2 Å². The Hall–Kier alpha value is -8.04. The molecule has 0 spiro atoms. The van der Waals surface area contributed by atoms with Crippen LogP contribution in [0, 0.1) is 35.8 Å². The van der Waals surface area contributed by atoms with Gasteiger partial charge in [0.25, 0.3) is 0 Å². The molecule has 0 fully saturated rings. The summed E-state index contributed by atoms with van der Waals surface area (Å²) >= 11 is 0. The van der Waals surface area contributed by atoms with E-state index in [1.807, 2.05) is 72.8 Å². The summed E-state index contributed by atoms with van der Waals surface area (Å²) in [4.78, 5) is 29.5. The summed E-state index contributed by atoms with van der Waals surface area (Å²) in [5.41, 5.74) is 8.03. The molecule has 0 aliphatic heterocycles. The van der Waals surface area contributed by atoms with E-state index in [0.29, 0.717) is 11.1 Å². The molecule has 0 bridgehead atoms. The standard InChI is InChI=1S/C46H30N4O4/c1-49-25-23-31-3-11-35(12-4-31)43(36-13-5-32(6-14-36)24-26-50-2)39-19-21-40(22-20-39)44(37-15-7-33(8-16-37)27-41(29-47)45(51)52)38-17-9-34(10-18-38)28-42(30-48)46(53)54/h3-28,43-44H,(H,51,52)(H,53,54). The van der Waals surface area contributed by atoms with E-state index in [2.05, 4.69) is 34.0 Å². The molecule has 0 saturated heterocycles. The second kappa shape index (κ2) is 17.8. The Morgan fingerprint density at radius 3 is 0.944 bits per heavy atom. The Balaban J connectivity index is 1.59. The van der Waals surface area contributed by atoms with Gasteiger partial charge in [-0.2, -0.15) is 10.5 Å². The number of carbonyl (C=O) groups is 2. The minimum atomic E-state index is -1.31. The molecule has 5 aromatic rings. The minimum Gasteiger partial charge on any atom is -0.477 e. The second-order valence-electron chi connectivity index (χ2n) is 12.0. The van der Waals surface area contributed by atoms with Gasteiger partial charge in [0.1, 0.15) is 23.3 Å². The number of nitriles is 2. The molecule has 8 heteroatoms. The number of aliphatic carboxylic acids is 2. The highest BCUT2D eigenvalue weighted by Crippen LogP contribution is 2.37.